The summed E-state index contributed by atoms with van der Waals surface area (Å²) in [6, 6.07) is 19.3. The van der Waals surface area contributed by atoms with Gasteiger partial charge in [0.25, 0.3) is 0 Å². The van der Waals surface area contributed by atoms with Gasteiger partial charge in [-0.2, -0.15) is 0 Å². The fourth-order valence-electron chi connectivity index (χ4n) is 3.62. The van der Waals surface area contributed by atoms with Crippen molar-refractivity contribution in [2.75, 3.05) is 11.9 Å². The van der Waals surface area contributed by atoms with Crippen molar-refractivity contribution in [1.82, 2.24) is 24.8 Å². The smallest absolute Gasteiger partial charge is 0.242 e. The molecule has 0 radical (unpaired) electrons. The Balaban J connectivity index is 1.45. The van der Waals surface area contributed by atoms with Crippen molar-refractivity contribution < 1.29 is 4.79 Å². The highest BCUT2D eigenvalue weighted by Gasteiger charge is 2.20. The Morgan fingerprint density at radius 3 is 2.48 bits per heavy atom. The molecule has 4 aromatic rings. The summed E-state index contributed by atoms with van der Waals surface area (Å²) in [6.45, 7) is 4.98. The van der Waals surface area contributed by atoms with Crippen LogP contribution in [0.25, 0.3) is 11.0 Å². The minimum atomic E-state index is -0.483. The molecule has 1 atom stereocenters. The van der Waals surface area contributed by atoms with Gasteiger partial charge in [0.15, 0.2) is 0 Å². The molecule has 2 N–H and O–H groups in total. The number of hydrogen-bond acceptors (Lipinski definition) is 5. The second kappa shape index (κ2) is 9.38. The molecule has 0 aliphatic carbocycles. The van der Waals surface area contributed by atoms with Crippen LogP contribution >= 0.6 is 0 Å². The number of imidazole rings is 1. The number of aromatic nitrogens is 4. The third-order valence-corrected chi connectivity index (χ3v) is 5.06. The molecular weight excluding hydrogens is 388 g/mol. The van der Waals surface area contributed by atoms with E-state index < -0.39 is 6.04 Å². The van der Waals surface area contributed by atoms with E-state index in [1.54, 1.807) is 6.33 Å². The van der Waals surface area contributed by atoms with Crippen molar-refractivity contribution in [3.05, 3.63) is 83.9 Å². The average Bonchev–Trinajstić information content (AvgIpc) is 3.16. The van der Waals surface area contributed by atoms with Crippen LogP contribution in [-0.2, 0) is 17.8 Å². The topological polar surface area (TPSA) is 84.7 Å². The summed E-state index contributed by atoms with van der Waals surface area (Å²) in [5, 5.41) is 6.28. The van der Waals surface area contributed by atoms with E-state index >= 15 is 0 Å². The molecule has 158 valence electrons. The first-order valence-electron chi connectivity index (χ1n) is 10.4. The van der Waals surface area contributed by atoms with Crippen LogP contribution in [0.4, 0.5) is 5.95 Å². The SMILES string of the molecule is Cc1cc(C)nc(N[C@@H](Cc2ccccc2)C(=O)NCCn2cnc3ccccc32)n1. The van der Waals surface area contributed by atoms with Crippen LogP contribution in [0.2, 0.25) is 0 Å². The number of carbonyl (C=O) groups is 1. The Kier molecular flexibility index (Phi) is 6.21. The van der Waals surface area contributed by atoms with Crippen LogP contribution < -0.4 is 10.6 Å². The van der Waals surface area contributed by atoms with Gasteiger partial charge >= 0.3 is 0 Å². The molecule has 1 amide bonds. The third kappa shape index (κ3) is 5.25. The quantitative estimate of drug-likeness (QED) is 0.462. The lowest BCUT2D eigenvalue weighted by Crippen LogP contribution is -2.42. The fraction of sp³-hybridized carbons (Fsp3) is 0.250. The molecular formula is C24H26N6O. The molecule has 4 rings (SSSR count). The second-order valence-corrected chi connectivity index (χ2v) is 7.58. The number of aryl methyl sites for hydroxylation is 2. The van der Waals surface area contributed by atoms with Crippen molar-refractivity contribution in [2.45, 2.75) is 32.9 Å². The molecule has 7 nitrogen and oxygen atoms in total. The zero-order chi connectivity index (χ0) is 21.6. The average molecular weight is 415 g/mol. The Bertz CT molecular complexity index is 1150. The number of amides is 1. The van der Waals surface area contributed by atoms with E-state index in [1.807, 2.05) is 79.1 Å². The van der Waals surface area contributed by atoms with Crippen molar-refractivity contribution in [1.29, 1.82) is 0 Å². The van der Waals surface area contributed by atoms with E-state index in [2.05, 4.69) is 25.6 Å². The molecule has 0 bridgehead atoms. The lowest BCUT2D eigenvalue weighted by molar-refractivity contribution is -0.121. The number of fused-ring (bicyclic) bond motifs is 1. The van der Waals surface area contributed by atoms with E-state index in [0.29, 0.717) is 25.5 Å². The lowest BCUT2D eigenvalue weighted by atomic mass is 10.1. The van der Waals surface area contributed by atoms with E-state index in [1.165, 1.54) is 0 Å². The number of nitrogens with zero attached hydrogens (tertiary/aromatic N) is 4. The van der Waals surface area contributed by atoms with E-state index in [-0.39, 0.29) is 5.91 Å². The van der Waals surface area contributed by atoms with Crippen LogP contribution in [-0.4, -0.2) is 38.0 Å². The molecule has 0 unspecified atom stereocenters. The third-order valence-electron chi connectivity index (χ3n) is 5.06. The highest BCUT2D eigenvalue weighted by molar-refractivity contribution is 5.84. The van der Waals surface area contributed by atoms with Gasteiger partial charge < -0.3 is 15.2 Å². The zero-order valence-corrected chi connectivity index (χ0v) is 17.7. The van der Waals surface area contributed by atoms with Gasteiger partial charge in [0.1, 0.15) is 6.04 Å². The Hall–Kier alpha value is -3.74. The minimum absolute atomic E-state index is 0.0870. The van der Waals surface area contributed by atoms with Crippen molar-refractivity contribution in [2.24, 2.45) is 0 Å². The van der Waals surface area contributed by atoms with Crippen LogP contribution in [0.5, 0.6) is 0 Å². The van der Waals surface area contributed by atoms with Gasteiger partial charge in [-0.15, -0.1) is 0 Å². The molecule has 31 heavy (non-hydrogen) atoms. The van der Waals surface area contributed by atoms with Gasteiger partial charge in [-0.05, 0) is 37.6 Å². The van der Waals surface area contributed by atoms with Crippen LogP contribution in [0, 0.1) is 13.8 Å². The minimum Gasteiger partial charge on any atom is -0.353 e. The molecule has 0 spiro atoms. The molecule has 0 fully saturated rings. The highest BCUT2D eigenvalue weighted by atomic mass is 16.2. The molecule has 0 saturated heterocycles. The number of nitrogens with one attached hydrogen (secondary N) is 2. The number of anilines is 1. The van der Waals surface area contributed by atoms with Gasteiger partial charge in [0.05, 0.1) is 17.4 Å². The summed E-state index contributed by atoms with van der Waals surface area (Å²) in [7, 11) is 0. The highest BCUT2D eigenvalue weighted by Crippen LogP contribution is 2.12. The van der Waals surface area contributed by atoms with E-state index in [4.69, 9.17) is 0 Å². The van der Waals surface area contributed by atoms with Gasteiger partial charge in [-0.3, -0.25) is 4.79 Å². The van der Waals surface area contributed by atoms with Crippen molar-refractivity contribution in [3.8, 4) is 0 Å². The Morgan fingerprint density at radius 2 is 1.71 bits per heavy atom. The van der Waals surface area contributed by atoms with Gasteiger partial charge in [-0.1, -0.05) is 42.5 Å². The second-order valence-electron chi connectivity index (χ2n) is 7.58. The molecule has 0 aliphatic rings. The van der Waals surface area contributed by atoms with Gasteiger partial charge in [0, 0.05) is 30.9 Å². The maximum atomic E-state index is 13.1. The molecule has 0 saturated carbocycles. The fourth-order valence-corrected chi connectivity index (χ4v) is 3.62. The maximum Gasteiger partial charge on any atom is 0.242 e. The molecule has 2 aromatic heterocycles. The standard InChI is InChI=1S/C24H26N6O/c1-17-14-18(2)28-24(27-17)29-21(15-19-8-4-3-5-9-19)23(31)25-12-13-30-16-26-20-10-6-7-11-22(20)30/h3-11,14,16,21H,12-13,15H2,1-2H3,(H,25,31)(H,27,28,29)/t21-/m0/s1. The number of rotatable bonds is 8. The first-order chi connectivity index (χ1) is 15.1. The largest absolute Gasteiger partial charge is 0.353 e. The van der Waals surface area contributed by atoms with Gasteiger partial charge in [0.2, 0.25) is 11.9 Å². The lowest BCUT2D eigenvalue weighted by Gasteiger charge is -2.19. The maximum absolute atomic E-state index is 13.1. The normalized spacial score (nSPS) is 11.9. The van der Waals surface area contributed by atoms with Gasteiger partial charge in [-0.25, -0.2) is 15.0 Å². The van der Waals surface area contributed by atoms with Crippen molar-refractivity contribution in [3.63, 3.8) is 0 Å². The summed E-state index contributed by atoms with van der Waals surface area (Å²) < 4.78 is 2.04. The van der Waals surface area contributed by atoms with Crippen LogP contribution in [0.1, 0.15) is 17.0 Å². The van der Waals surface area contributed by atoms with Crippen LogP contribution in [0.15, 0.2) is 67.0 Å². The predicted molar refractivity (Wildman–Crippen MR) is 122 cm³/mol. The Labute approximate surface area is 181 Å². The first kappa shape index (κ1) is 20.5. The zero-order valence-electron chi connectivity index (χ0n) is 17.7. The number of para-hydroxylation sites is 2. The summed E-state index contributed by atoms with van der Waals surface area (Å²) >= 11 is 0. The summed E-state index contributed by atoms with van der Waals surface area (Å²) in [5.41, 5.74) is 4.80. The van der Waals surface area contributed by atoms with E-state index in [9.17, 15) is 4.79 Å². The summed E-state index contributed by atoms with van der Waals surface area (Å²) in [5.74, 6) is 0.380. The number of benzene rings is 2. The number of carbonyl (C=O) groups excluding carboxylic acids is 1. The van der Waals surface area contributed by atoms with Crippen LogP contribution in [0.3, 0.4) is 0 Å². The monoisotopic (exact) mass is 414 g/mol. The molecule has 7 heteroatoms. The molecule has 0 aliphatic heterocycles. The first-order valence-corrected chi connectivity index (χ1v) is 10.4. The van der Waals surface area contributed by atoms with Crippen molar-refractivity contribution >= 4 is 22.9 Å². The summed E-state index contributed by atoms with van der Waals surface area (Å²) in [4.78, 5) is 26.3. The predicted octanol–water partition coefficient (Wildman–Crippen LogP) is 3.28. The molecule has 2 aromatic carbocycles. The summed E-state index contributed by atoms with van der Waals surface area (Å²) in [6.07, 6.45) is 2.34. The Morgan fingerprint density at radius 1 is 1.00 bits per heavy atom. The van der Waals surface area contributed by atoms with E-state index in [0.717, 1.165) is 28.0 Å². The molecule has 2 heterocycles. The number of hydrogen-bond donors (Lipinski definition) is 2.